The van der Waals surface area contributed by atoms with Gasteiger partial charge in [0, 0.05) is 21.7 Å². The van der Waals surface area contributed by atoms with Gasteiger partial charge in [-0.15, -0.1) is 0 Å². The van der Waals surface area contributed by atoms with Crippen LogP contribution < -0.4 is 10.0 Å². The number of anilines is 2. The van der Waals surface area contributed by atoms with E-state index < -0.39 is 10.0 Å². The van der Waals surface area contributed by atoms with Crippen LogP contribution in [0.15, 0.2) is 65.8 Å². The minimum Gasteiger partial charge on any atom is -0.322 e. The lowest BCUT2D eigenvalue weighted by Gasteiger charge is -2.10. The summed E-state index contributed by atoms with van der Waals surface area (Å²) in [5.74, 6) is -0.265. The van der Waals surface area contributed by atoms with Gasteiger partial charge in [0.05, 0.1) is 10.5 Å². The topological polar surface area (TPSA) is 101 Å². The van der Waals surface area contributed by atoms with Gasteiger partial charge in [-0.05, 0) is 71.5 Å². The van der Waals surface area contributed by atoms with Crippen LogP contribution in [-0.4, -0.2) is 24.3 Å². The highest BCUT2D eigenvalue weighted by molar-refractivity contribution is 14.1. The molecule has 0 aliphatic rings. The van der Waals surface area contributed by atoms with Gasteiger partial charge in [-0.25, -0.2) is 23.1 Å². The molecule has 138 valence electrons. The fourth-order valence-corrected chi connectivity index (χ4v) is 3.83. The summed E-state index contributed by atoms with van der Waals surface area (Å²) in [6, 6.07) is 12.9. The highest BCUT2D eigenvalue weighted by Crippen LogP contribution is 2.20. The van der Waals surface area contributed by atoms with Crippen molar-refractivity contribution >= 4 is 50.2 Å². The van der Waals surface area contributed by atoms with Crippen LogP contribution in [0.3, 0.4) is 0 Å². The Morgan fingerprint density at radius 1 is 1.00 bits per heavy atom. The van der Waals surface area contributed by atoms with E-state index in [1.165, 1.54) is 36.7 Å². The molecule has 7 nitrogen and oxygen atoms in total. The van der Waals surface area contributed by atoms with Crippen LogP contribution in [0.5, 0.6) is 0 Å². The lowest BCUT2D eigenvalue weighted by molar-refractivity contribution is 0.102. The third-order valence-electron chi connectivity index (χ3n) is 3.65. The zero-order valence-electron chi connectivity index (χ0n) is 14.2. The molecule has 1 heterocycles. The van der Waals surface area contributed by atoms with Crippen LogP contribution in [0.4, 0.5) is 11.6 Å². The molecule has 27 heavy (non-hydrogen) atoms. The molecule has 0 aliphatic carbocycles. The molecule has 9 heteroatoms. The van der Waals surface area contributed by atoms with Gasteiger partial charge in [0.2, 0.25) is 5.95 Å². The maximum atomic E-state index is 12.4. The van der Waals surface area contributed by atoms with Gasteiger partial charge in [0.1, 0.15) is 0 Å². The first-order chi connectivity index (χ1) is 12.9. The molecular weight excluding hydrogens is 479 g/mol. The number of carbonyl (C=O) groups excluding carboxylic acids is 1. The van der Waals surface area contributed by atoms with Crippen molar-refractivity contribution in [2.24, 2.45) is 0 Å². The number of nitrogens with one attached hydrogen (secondary N) is 2. The van der Waals surface area contributed by atoms with E-state index in [-0.39, 0.29) is 16.8 Å². The zero-order chi connectivity index (χ0) is 19.4. The van der Waals surface area contributed by atoms with Crippen LogP contribution >= 0.6 is 22.6 Å². The molecule has 0 aliphatic heterocycles. The number of carbonyl (C=O) groups is 1. The van der Waals surface area contributed by atoms with E-state index in [2.05, 4.69) is 42.6 Å². The van der Waals surface area contributed by atoms with Crippen LogP contribution in [0.2, 0.25) is 0 Å². The van der Waals surface area contributed by atoms with E-state index >= 15 is 0 Å². The lowest BCUT2D eigenvalue weighted by Crippen LogP contribution is -2.16. The van der Waals surface area contributed by atoms with Gasteiger partial charge >= 0.3 is 0 Å². The van der Waals surface area contributed by atoms with E-state index in [1.807, 2.05) is 19.1 Å². The molecule has 0 bridgehead atoms. The van der Waals surface area contributed by atoms with Crippen molar-refractivity contribution in [3.8, 4) is 0 Å². The summed E-state index contributed by atoms with van der Waals surface area (Å²) < 4.78 is 27.9. The van der Waals surface area contributed by atoms with Crippen molar-refractivity contribution in [3.63, 3.8) is 0 Å². The van der Waals surface area contributed by atoms with Crippen LogP contribution in [0.25, 0.3) is 0 Å². The number of nitrogens with zero attached hydrogens (tertiary/aromatic N) is 2. The Balaban J connectivity index is 1.75. The largest absolute Gasteiger partial charge is 0.322 e. The van der Waals surface area contributed by atoms with E-state index in [0.717, 1.165) is 9.13 Å². The monoisotopic (exact) mass is 494 g/mol. The Hall–Kier alpha value is -2.53. The first kappa shape index (κ1) is 19.2. The summed E-state index contributed by atoms with van der Waals surface area (Å²) in [6.07, 6.45) is 2.88. The van der Waals surface area contributed by atoms with E-state index in [0.29, 0.717) is 11.3 Å². The number of aryl methyl sites for hydroxylation is 1. The summed E-state index contributed by atoms with van der Waals surface area (Å²) in [6.45, 7) is 1.93. The smallest absolute Gasteiger partial charge is 0.264 e. The number of hydrogen-bond donors (Lipinski definition) is 2. The molecule has 0 unspecified atom stereocenters. The minimum atomic E-state index is -3.81. The number of amides is 1. The maximum Gasteiger partial charge on any atom is 0.264 e. The molecule has 0 saturated heterocycles. The maximum absolute atomic E-state index is 12.4. The Morgan fingerprint density at radius 2 is 1.67 bits per heavy atom. The molecule has 3 aromatic rings. The fourth-order valence-electron chi connectivity index (χ4n) is 2.27. The van der Waals surface area contributed by atoms with Gasteiger partial charge in [0.25, 0.3) is 15.9 Å². The highest BCUT2D eigenvalue weighted by atomic mass is 127. The molecule has 0 radical (unpaired) electrons. The number of halogens is 1. The van der Waals surface area contributed by atoms with Crippen molar-refractivity contribution < 1.29 is 13.2 Å². The highest BCUT2D eigenvalue weighted by Gasteiger charge is 2.16. The second kappa shape index (κ2) is 8.01. The first-order valence-electron chi connectivity index (χ1n) is 7.83. The van der Waals surface area contributed by atoms with E-state index in [1.54, 1.807) is 12.1 Å². The van der Waals surface area contributed by atoms with Crippen molar-refractivity contribution in [1.29, 1.82) is 0 Å². The Kier molecular flexibility index (Phi) is 5.71. The summed E-state index contributed by atoms with van der Waals surface area (Å²) >= 11 is 2.13. The number of hydrogen-bond acceptors (Lipinski definition) is 5. The molecule has 0 atom stereocenters. The van der Waals surface area contributed by atoms with Crippen LogP contribution in [-0.2, 0) is 10.0 Å². The molecular formula is C18H15IN4O3S. The molecule has 3 rings (SSSR count). The molecule has 1 amide bonds. The van der Waals surface area contributed by atoms with Crippen molar-refractivity contribution in [1.82, 2.24) is 9.97 Å². The summed E-state index contributed by atoms with van der Waals surface area (Å²) in [7, 11) is -3.81. The average molecular weight is 494 g/mol. The summed E-state index contributed by atoms with van der Waals surface area (Å²) in [4.78, 5) is 20.2. The van der Waals surface area contributed by atoms with E-state index in [4.69, 9.17) is 0 Å². The molecule has 1 aromatic heterocycles. The minimum absolute atomic E-state index is 0.0103. The normalized spacial score (nSPS) is 11.0. The second-order valence-electron chi connectivity index (χ2n) is 5.59. The number of benzene rings is 2. The second-order valence-corrected chi connectivity index (χ2v) is 8.35. The van der Waals surface area contributed by atoms with Crippen LogP contribution in [0.1, 0.15) is 15.9 Å². The molecule has 2 N–H and O–H groups in total. The van der Waals surface area contributed by atoms with Gasteiger partial charge in [-0.3, -0.25) is 4.79 Å². The van der Waals surface area contributed by atoms with Gasteiger partial charge in [-0.2, -0.15) is 0 Å². The van der Waals surface area contributed by atoms with E-state index in [9.17, 15) is 13.2 Å². The van der Waals surface area contributed by atoms with Gasteiger partial charge in [-0.1, -0.05) is 12.1 Å². The molecule has 0 saturated carbocycles. The Labute approximate surface area is 170 Å². The van der Waals surface area contributed by atoms with Crippen molar-refractivity contribution in [3.05, 3.63) is 75.6 Å². The Morgan fingerprint density at radius 3 is 2.33 bits per heavy atom. The van der Waals surface area contributed by atoms with Gasteiger partial charge in [0.15, 0.2) is 0 Å². The Bertz CT molecular complexity index is 1070. The number of rotatable bonds is 5. The zero-order valence-corrected chi connectivity index (χ0v) is 17.2. The fraction of sp³-hybridized carbons (Fsp3) is 0.0556. The predicted octanol–water partition coefficient (Wildman–Crippen LogP) is 3.44. The number of sulfonamides is 1. The standard InChI is InChI=1S/C18H15IN4O3S/c1-12-4-2-5-15(16(12)19)17(24)22-13-6-8-14(9-7-13)27(25,26)23-18-20-10-3-11-21-18/h2-11H,1H3,(H,22,24)(H,20,21,23). The van der Waals surface area contributed by atoms with Crippen LogP contribution in [0, 0.1) is 10.5 Å². The van der Waals surface area contributed by atoms with Crippen molar-refractivity contribution in [2.75, 3.05) is 10.0 Å². The molecule has 0 spiro atoms. The third-order valence-corrected chi connectivity index (χ3v) is 6.43. The molecule has 0 fully saturated rings. The predicted molar refractivity (Wildman–Crippen MR) is 111 cm³/mol. The van der Waals surface area contributed by atoms with Crippen molar-refractivity contribution in [2.45, 2.75) is 11.8 Å². The third kappa shape index (κ3) is 4.61. The lowest BCUT2D eigenvalue weighted by atomic mass is 10.1. The quantitative estimate of drug-likeness (QED) is 0.530. The number of aromatic nitrogens is 2. The average Bonchev–Trinajstić information content (AvgIpc) is 2.65. The summed E-state index contributed by atoms with van der Waals surface area (Å²) in [5, 5.41) is 2.77. The van der Waals surface area contributed by atoms with Gasteiger partial charge < -0.3 is 5.32 Å². The SMILES string of the molecule is Cc1cccc(C(=O)Nc2ccc(S(=O)(=O)Nc3ncccn3)cc2)c1I. The first-order valence-corrected chi connectivity index (χ1v) is 10.4. The summed E-state index contributed by atoms with van der Waals surface area (Å²) in [5.41, 5.74) is 2.07. The molecule has 2 aromatic carbocycles.